The monoisotopic (exact) mass is 298 g/mol. The molecule has 1 aromatic carbocycles. The first kappa shape index (κ1) is 16.3. The van der Waals surface area contributed by atoms with E-state index in [4.69, 9.17) is 29.6 Å². The van der Waals surface area contributed by atoms with Gasteiger partial charge in [-0.3, -0.25) is 0 Å². The van der Waals surface area contributed by atoms with Crippen LogP contribution in [0.15, 0.2) is 18.2 Å². The van der Waals surface area contributed by atoms with Crippen molar-refractivity contribution in [2.24, 2.45) is 23.5 Å². The zero-order chi connectivity index (χ0) is 14.6. The second kappa shape index (κ2) is 7.11. The number of anilines is 1. The highest BCUT2D eigenvalue weighted by molar-refractivity contribution is 7.80. The van der Waals surface area contributed by atoms with Gasteiger partial charge in [0.05, 0.1) is 0 Å². The van der Waals surface area contributed by atoms with Gasteiger partial charge in [0.1, 0.15) is 4.99 Å². The Bertz CT molecular complexity index is 436. The summed E-state index contributed by atoms with van der Waals surface area (Å²) in [7, 11) is 0. The van der Waals surface area contributed by atoms with Crippen LogP contribution in [-0.2, 0) is 0 Å². The average molecular weight is 299 g/mol. The predicted molar refractivity (Wildman–Crippen MR) is 89.0 cm³/mol. The number of benzene rings is 1. The lowest BCUT2D eigenvalue weighted by atomic mass is 9.85. The smallest absolute Gasteiger partial charge is 0.106 e. The number of halogens is 1. The molecule has 0 aliphatic heterocycles. The Kier molecular flexibility index (Phi) is 6.08. The quantitative estimate of drug-likeness (QED) is 0.768. The molecule has 3 N–H and O–H groups in total. The first-order chi connectivity index (χ1) is 8.82. The Balaban J connectivity index is 2.85. The lowest BCUT2D eigenvalue weighted by molar-refractivity contribution is 0.304. The van der Waals surface area contributed by atoms with E-state index in [0.717, 1.165) is 17.8 Å². The fraction of sp³-hybridized carbons (Fsp3) is 0.533. The Morgan fingerprint density at radius 2 is 1.84 bits per heavy atom. The maximum atomic E-state index is 5.98. The summed E-state index contributed by atoms with van der Waals surface area (Å²) in [5.41, 5.74) is 7.52. The minimum absolute atomic E-state index is 0.371. The second-order valence-electron chi connectivity index (χ2n) is 5.59. The van der Waals surface area contributed by atoms with Crippen molar-refractivity contribution in [3.63, 3.8) is 0 Å². The first-order valence-corrected chi connectivity index (χ1v) is 7.44. The number of hydrogen-bond donors (Lipinski definition) is 2. The molecule has 0 saturated carbocycles. The number of nitrogens with two attached hydrogens (primary N) is 1. The van der Waals surface area contributed by atoms with Gasteiger partial charge in [-0.1, -0.05) is 51.5 Å². The van der Waals surface area contributed by atoms with E-state index in [9.17, 15) is 0 Å². The van der Waals surface area contributed by atoms with Gasteiger partial charge in [-0.2, -0.15) is 0 Å². The van der Waals surface area contributed by atoms with E-state index in [0.29, 0.717) is 27.8 Å². The van der Waals surface area contributed by atoms with E-state index in [1.165, 1.54) is 0 Å². The minimum Gasteiger partial charge on any atom is -0.389 e. The van der Waals surface area contributed by atoms with E-state index in [-0.39, 0.29) is 0 Å². The van der Waals surface area contributed by atoms with Crippen LogP contribution in [0.4, 0.5) is 5.69 Å². The summed E-state index contributed by atoms with van der Waals surface area (Å²) < 4.78 is 0. The zero-order valence-corrected chi connectivity index (χ0v) is 13.6. The van der Waals surface area contributed by atoms with E-state index >= 15 is 0 Å². The van der Waals surface area contributed by atoms with Crippen LogP contribution in [0.25, 0.3) is 0 Å². The van der Waals surface area contributed by atoms with Gasteiger partial charge < -0.3 is 11.1 Å². The summed E-state index contributed by atoms with van der Waals surface area (Å²) >= 11 is 11.1. The van der Waals surface area contributed by atoms with Crippen LogP contribution in [0, 0.1) is 17.8 Å². The van der Waals surface area contributed by atoms with Crippen molar-refractivity contribution in [2.45, 2.75) is 27.7 Å². The molecule has 0 fully saturated rings. The molecule has 1 aromatic rings. The van der Waals surface area contributed by atoms with Crippen LogP contribution in [-0.4, -0.2) is 11.5 Å². The number of rotatable bonds is 6. The topological polar surface area (TPSA) is 38.0 Å². The van der Waals surface area contributed by atoms with Gasteiger partial charge >= 0.3 is 0 Å². The van der Waals surface area contributed by atoms with Crippen LogP contribution in [0.2, 0.25) is 5.02 Å². The normalized spacial score (nSPS) is 11.4. The lowest BCUT2D eigenvalue weighted by Crippen LogP contribution is -2.25. The van der Waals surface area contributed by atoms with Crippen LogP contribution in [0.3, 0.4) is 0 Å². The molecule has 0 aliphatic rings. The lowest BCUT2D eigenvalue weighted by Gasteiger charge is -2.26. The van der Waals surface area contributed by atoms with E-state index < -0.39 is 0 Å². The van der Waals surface area contributed by atoms with Crippen molar-refractivity contribution < 1.29 is 0 Å². The third kappa shape index (κ3) is 4.66. The third-order valence-corrected chi connectivity index (χ3v) is 3.94. The summed E-state index contributed by atoms with van der Waals surface area (Å²) in [5.74, 6) is 1.87. The highest BCUT2D eigenvalue weighted by Crippen LogP contribution is 2.24. The van der Waals surface area contributed by atoms with Gasteiger partial charge in [0.25, 0.3) is 0 Å². The summed E-state index contributed by atoms with van der Waals surface area (Å²) in [6.07, 6.45) is 0. The van der Waals surface area contributed by atoms with Crippen molar-refractivity contribution in [3.8, 4) is 0 Å². The predicted octanol–water partition coefficient (Wildman–Crippen LogP) is 4.31. The van der Waals surface area contributed by atoms with E-state index in [1.807, 2.05) is 18.2 Å². The molecule has 0 aromatic heterocycles. The van der Waals surface area contributed by atoms with Crippen molar-refractivity contribution in [3.05, 3.63) is 28.8 Å². The zero-order valence-electron chi connectivity index (χ0n) is 12.0. The Morgan fingerprint density at radius 1 is 1.26 bits per heavy atom. The molecule has 19 heavy (non-hydrogen) atoms. The first-order valence-electron chi connectivity index (χ1n) is 6.66. The fourth-order valence-corrected chi connectivity index (χ4v) is 2.68. The molecule has 0 heterocycles. The van der Waals surface area contributed by atoms with Crippen molar-refractivity contribution in [2.75, 3.05) is 11.9 Å². The van der Waals surface area contributed by atoms with Crippen molar-refractivity contribution in [1.29, 1.82) is 0 Å². The summed E-state index contributed by atoms with van der Waals surface area (Å²) in [5, 5.41) is 4.11. The summed E-state index contributed by atoms with van der Waals surface area (Å²) in [6, 6.07) is 5.60. The van der Waals surface area contributed by atoms with Gasteiger partial charge in [0.2, 0.25) is 0 Å². The fourth-order valence-electron chi connectivity index (χ4n) is 2.34. The largest absolute Gasteiger partial charge is 0.389 e. The standard InChI is InChI=1S/C15H23ClN2S/c1-9(2)13(10(3)4)8-18-14-6-5-11(16)7-12(14)15(17)19/h5-7,9-10,13,18H,8H2,1-4H3,(H2,17,19). The van der Waals surface area contributed by atoms with Gasteiger partial charge in [-0.25, -0.2) is 0 Å². The maximum Gasteiger partial charge on any atom is 0.106 e. The van der Waals surface area contributed by atoms with E-state index in [2.05, 4.69) is 33.0 Å². The Labute approximate surface area is 126 Å². The van der Waals surface area contributed by atoms with Crippen molar-refractivity contribution >= 4 is 34.5 Å². The molecule has 0 saturated heterocycles. The highest BCUT2D eigenvalue weighted by Gasteiger charge is 2.17. The second-order valence-corrected chi connectivity index (χ2v) is 6.46. The van der Waals surface area contributed by atoms with Crippen molar-refractivity contribution in [1.82, 2.24) is 0 Å². The Morgan fingerprint density at radius 3 is 2.32 bits per heavy atom. The van der Waals surface area contributed by atoms with Crippen LogP contribution >= 0.6 is 23.8 Å². The van der Waals surface area contributed by atoms with Crippen LogP contribution in [0.5, 0.6) is 0 Å². The number of hydrogen-bond acceptors (Lipinski definition) is 2. The molecule has 0 spiro atoms. The molecule has 0 radical (unpaired) electrons. The summed E-state index contributed by atoms with van der Waals surface area (Å²) in [6.45, 7) is 9.92. The number of nitrogens with one attached hydrogen (secondary N) is 1. The average Bonchev–Trinajstić information content (AvgIpc) is 2.29. The molecule has 4 heteroatoms. The van der Waals surface area contributed by atoms with Gasteiger partial charge in [-0.15, -0.1) is 0 Å². The molecule has 0 unspecified atom stereocenters. The van der Waals surface area contributed by atoms with E-state index in [1.54, 1.807) is 0 Å². The molecule has 1 rings (SSSR count). The van der Waals surface area contributed by atoms with Gasteiger partial charge in [0, 0.05) is 22.8 Å². The van der Waals surface area contributed by atoms with Gasteiger partial charge in [-0.05, 0) is 36.0 Å². The van der Waals surface area contributed by atoms with Gasteiger partial charge in [0.15, 0.2) is 0 Å². The van der Waals surface area contributed by atoms with Crippen LogP contribution < -0.4 is 11.1 Å². The molecule has 0 aliphatic carbocycles. The maximum absolute atomic E-state index is 5.98. The third-order valence-electron chi connectivity index (χ3n) is 3.49. The number of thiocarbonyl (C=S) groups is 1. The summed E-state index contributed by atoms with van der Waals surface area (Å²) in [4.78, 5) is 0.371. The Hall–Kier alpha value is -0.800. The van der Waals surface area contributed by atoms with Crippen LogP contribution in [0.1, 0.15) is 33.3 Å². The molecular weight excluding hydrogens is 276 g/mol. The molecule has 0 atom stereocenters. The minimum atomic E-state index is 0.371. The molecule has 0 amide bonds. The molecule has 2 nitrogen and oxygen atoms in total. The SMILES string of the molecule is CC(C)C(CNc1ccc(Cl)cc1C(N)=S)C(C)C. The molecule has 106 valence electrons. The highest BCUT2D eigenvalue weighted by atomic mass is 35.5. The molecule has 0 bridgehead atoms. The molecular formula is C15H23ClN2S.